The molecule has 1 fully saturated rings. The summed E-state index contributed by atoms with van der Waals surface area (Å²) in [5.74, 6) is 1.37. The molecule has 2 atom stereocenters. The molecule has 1 saturated heterocycles. The summed E-state index contributed by atoms with van der Waals surface area (Å²) in [6.45, 7) is 6.53. The van der Waals surface area contributed by atoms with E-state index in [9.17, 15) is 4.79 Å². The number of benzene rings is 1. The van der Waals surface area contributed by atoms with Crippen LogP contribution in [-0.4, -0.2) is 55.0 Å². The summed E-state index contributed by atoms with van der Waals surface area (Å²) in [5, 5.41) is 7.82. The Kier molecular flexibility index (Phi) is 3.92. The highest BCUT2D eigenvalue weighted by molar-refractivity contribution is 9.10. The molecular weight excluding hydrogens is 386 g/mol. The van der Waals surface area contributed by atoms with Crippen LogP contribution in [0.2, 0.25) is 0 Å². The third-order valence-electron chi connectivity index (χ3n) is 5.11. The van der Waals surface area contributed by atoms with Crippen LogP contribution in [0.4, 0.5) is 11.4 Å². The SMILES string of the molecule is CC1C(=O)NN=C2COc3cc(Br)c(NC4(C)CCN(C)C4)cc3N21. The van der Waals surface area contributed by atoms with E-state index in [-0.39, 0.29) is 17.5 Å². The number of hydrogen-bond donors (Lipinski definition) is 2. The monoisotopic (exact) mass is 407 g/mol. The first-order valence-corrected chi connectivity index (χ1v) is 9.24. The molecule has 0 bridgehead atoms. The molecule has 4 rings (SSSR count). The Balaban J connectivity index is 1.71. The van der Waals surface area contributed by atoms with Crippen LogP contribution < -0.4 is 20.4 Å². The van der Waals surface area contributed by atoms with Crippen LogP contribution in [-0.2, 0) is 4.79 Å². The summed E-state index contributed by atoms with van der Waals surface area (Å²) in [5.41, 5.74) is 4.44. The number of hydrogen-bond acceptors (Lipinski definition) is 6. The molecule has 8 heteroatoms. The van der Waals surface area contributed by atoms with E-state index >= 15 is 0 Å². The number of ether oxygens (including phenoxy) is 1. The molecule has 2 N–H and O–H groups in total. The molecule has 1 amide bonds. The zero-order chi connectivity index (χ0) is 17.8. The fourth-order valence-electron chi connectivity index (χ4n) is 3.76. The molecule has 0 aromatic heterocycles. The number of amidine groups is 1. The third-order valence-corrected chi connectivity index (χ3v) is 5.76. The van der Waals surface area contributed by atoms with Crippen molar-refractivity contribution in [3.05, 3.63) is 16.6 Å². The van der Waals surface area contributed by atoms with Gasteiger partial charge in [0.25, 0.3) is 5.91 Å². The fourth-order valence-corrected chi connectivity index (χ4v) is 4.18. The highest BCUT2D eigenvalue weighted by atomic mass is 79.9. The quantitative estimate of drug-likeness (QED) is 0.784. The van der Waals surface area contributed by atoms with Crippen molar-refractivity contribution in [1.82, 2.24) is 10.3 Å². The minimum Gasteiger partial charge on any atom is -0.483 e. The molecule has 1 aromatic carbocycles. The van der Waals surface area contributed by atoms with Crippen molar-refractivity contribution < 1.29 is 9.53 Å². The van der Waals surface area contributed by atoms with Crippen LogP contribution in [0, 0.1) is 0 Å². The van der Waals surface area contributed by atoms with Crippen LogP contribution in [0.5, 0.6) is 5.75 Å². The number of likely N-dealkylation sites (N-methyl/N-ethyl adjacent to an activating group) is 1. The Morgan fingerprint density at radius 1 is 1.48 bits per heavy atom. The van der Waals surface area contributed by atoms with Crippen LogP contribution in [0.15, 0.2) is 21.7 Å². The van der Waals surface area contributed by atoms with Crippen molar-refractivity contribution in [2.75, 3.05) is 37.0 Å². The number of carbonyl (C=O) groups excluding carboxylic acids is 1. The third kappa shape index (κ3) is 2.87. The van der Waals surface area contributed by atoms with E-state index in [4.69, 9.17) is 4.74 Å². The topological polar surface area (TPSA) is 69.2 Å². The number of halogens is 1. The van der Waals surface area contributed by atoms with Gasteiger partial charge in [-0.1, -0.05) is 0 Å². The predicted octanol–water partition coefficient (Wildman–Crippen LogP) is 1.99. The van der Waals surface area contributed by atoms with Gasteiger partial charge in [-0.2, -0.15) is 5.10 Å². The first-order valence-electron chi connectivity index (χ1n) is 8.45. The van der Waals surface area contributed by atoms with Crippen LogP contribution in [0.25, 0.3) is 0 Å². The van der Waals surface area contributed by atoms with Gasteiger partial charge in [-0.3, -0.25) is 4.79 Å². The molecule has 0 aliphatic carbocycles. The Labute approximate surface area is 155 Å². The van der Waals surface area contributed by atoms with Crippen molar-refractivity contribution in [2.24, 2.45) is 5.10 Å². The Morgan fingerprint density at radius 2 is 2.28 bits per heavy atom. The summed E-state index contributed by atoms with van der Waals surface area (Å²) < 4.78 is 6.79. The standard InChI is InChI=1S/C17H22BrN5O2/c1-10-16(24)21-20-15-8-25-14-6-11(18)12(7-13(14)23(10)15)19-17(2)4-5-22(3)9-17/h6-7,10,19H,4-5,8-9H2,1-3H3,(H,21,24). The molecule has 2 unspecified atom stereocenters. The number of hydrazone groups is 1. The highest BCUT2D eigenvalue weighted by Crippen LogP contribution is 2.42. The average molecular weight is 408 g/mol. The van der Waals surface area contributed by atoms with Gasteiger partial charge in [0.2, 0.25) is 0 Å². The summed E-state index contributed by atoms with van der Waals surface area (Å²) in [4.78, 5) is 16.3. The van der Waals surface area contributed by atoms with E-state index < -0.39 is 0 Å². The van der Waals surface area contributed by atoms with Crippen molar-refractivity contribution >= 4 is 39.0 Å². The minimum absolute atomic E-state index is 0.0167. The van der Waals surface area contributed by atoms with E-state index in [1.54, 1.807) is 0 Å². The van der Waals surface area contributed by atoms with Gasteiger partial charge in [0.1, 0.15) is 18.4 Å². The number of rotatable bonds is 2. The average Bonchev–Trinajstić information content (AvgIpc) is 2.90. The van der Waals surface area contributed by atoms with Gasteiger partial charge in [0.15, 0.2) is 5.84 Å². The number of carbonyl (C=O) groups is 1. The molecule has 25 heavy (non-hydrogen) atoms. The van der Waals surface area contributed by atoms with Gasteiger partial charge in [-0.05, 0) is 55.4 Å². The maximum atomic E-state index is 12.0. The summed E-state index contributed by atoms with van der Waals surface area (Å²) >= 11 is 3.65. The lowest BCUT2D eigenvalue weighted by molar-refractivity contribution is -0.122. The second kappa shape index (κ2) is 5.88. The van der Waals surface area contributed by atoms with E-state index in [1.807, 2.05) is 24.0 Å². The molecule has 3 aliphatic heterocycles. The first kappa shape index (κ1) is 16.7. The molecule has 3 aliphatic rings. The largest absolute Gasteiger partial charge is 0.483 e. The molecular formula is C17H22BrN5O2. The maximum absolute atomic E-state index is 12.0. The second-order valence-corrected chi connectivity index (χ2v) is 8.17. The van der Waals surface area contributed by atoms with Crippen molar-refractivity contribution in [3.63, 3.8) is 0 Å². The van der Waals surface area contributed by atoms with Crippen molar-refractivity contribution in [3.8, 4) is 5.75 Å². The second-order valence-electron chi connectivity index (χ2n) is 7.31. The number of nitrogens with zero attached hydrogens (tertiary/aromatic N) is 3. The number of fused-ring (bicyclic) bond motifs is 3. The van der Waals surface area contributed by atoms with Crippen molar-refractivity contribution in [2.45, 2.75) is 31.8 Å². The highest BCUT2D eigenvalue weighted by Gasteiger charge is 2.37. The minimum atomic E-state index is -0.322. The lowest BCUT2D eigenvalue weighted by atomic mass is 10.0. The van der Waals surface area contributed by atoms with Gasteiger partial charge < -0.3 is 19.9 Å². The number of anilines is 2. The van der Waals surface area contributed by atoms with Gasteiger partial charge in [-0.25, -0.2) is 5.43 Å². The molecule has 0 spiro atoms. The summed E-state index contributed by atoms with van der Waals surface area (Å²) in [6.07, 6.45) is 1.08. The van der Waals surface area contributed by atoms with E-state index in [1.165, 1.54) is 0 Å². The zero-order valence-corrected chi connectivity index (χ0v) is 16.2. The molecule has 1 aromatic rings. The van der Waals surface area contributed by atoms with E-state index in [0.717, 1.165) is 46.9 Å². The Morgan fingerprint density at radius 3 is 3.00 bits per heavy atom. The van der Waals surface area contributed by atoms with Gasteiger partial charge in [0.05, 0.1) is 11.4 Å². The molecule has 0 saturated carbocycles. The van der Waals surface area contributed by atoms with Gasteiger partial charge in [-0.15, -0.1) is 0 Å². The smallest absolute Gasteiger partial charge is 0.262 e. The maximum Gasteiger partial charge on any atom is 0.262 e. The normalized spacial score (nSPS) is 28.6. The van der Waals surface area contributed by atoms with Crippen LogP contribution >= 0.6 is 15.9 Å². The lowest BCUT2D eigenvalue weighted by Crippen LogP contribution is -2.55. The van der Waals surface area contributed by atoms with Crippen LogP contribution in [0.3, 0.4) is 0 Å². The first-order chi connectivity index (χ1) is 11.9. The van der Waals surface area contributed by atoms with E-state index in [2.05, 4.69) is 50.6 Å². The predicted molar refractivity (Wildman–Crippen MR) is 101 cm³/mol. The number of likely N-dealkylation sites (tertiary alicyclic amines) is 1. The molecule has 3 heterocycles. The fraction of sp³-hybridized carbons (Fsp3) is 0.529. The lowest BCUT2D eigenvalue weighted by Gasteiger charge is -2.38. The van der Waals surface area contributed by atoms with Crippen LogP contribution in [0.1, 0.15) is 20.3 Å². The van der Waals surface area contributed by atoms with E-state index in [0.29, 0.717) is 6.61 Å². The number of amides is 1. The Bertz CT molecular complexity index is 768. The summed E-state index contributed by atoms with van der Waals surface area (Å²) in [7, 11) is 2.14. The molecule has 134 valence electrons. The Hall–Kier alpha value is -1.80. The van der Waals surface area contributed by atoms with Gasteiger partial charge >= 0.3 is 0 Å². The van der Waals surface area contributed by atoms with Crippen molar-refractivity contribution in [1.29, 1.82) is 0 Å². The zero-order valence-electron chi connectivity index (χ0n) is 14.6. The summed E-state index contributed by atoms with van der Waals surface area (Å²) in [6, 6.07) is 3.69. The molecule has 0 radical (unpaired) electrons. The molecule has 7 nitrogen and oxygen atoms in total. The van der Waals surface area contributed by atoms with Gasteiger partial charge in [0, 0.05) is 23.1 Å². The number of nitrogens with one attached hydrogen (secondary N) is 2.